The molecule has 0 saturated heterocycles. The molecule has 16 heavy (non-hydrogen) atoms. The third-order valence-corrected chi connectivity index (χ3v) is 2.34. The van der Waals surface area contributed by atoms with Crippen molar-refractivity contribution in [1.29, 1.82) is 0 Å². The van der Waals surface area contributed by atoms with Gasteiger partial charge in [0, 0.05) is 5.54 Å². The Kier molecular flexibility index (Phi) is 3.63. The van der Waals surface area contributed by atoms with Crippen molar-refractivity contribution < 1.29 is 13.2 Å². The van der Waals surface area contributed by atoms with E-state index in [1.165, 1.54) is 12.1 Å². The predicted octanol–water partition coefficient (Wildman–Crippen LogP) is 3.38. The van der Waals surface area contributed by atoms with Gasteiger partial charge in [-0.2, -0.15) is 13.2 Å². The van der Waals surface area contributed by atoms with E-state index < -0.39 is 11.7 Å². The summed E-state index contributed by atoms with van der Waals surface area (Å²) in [6, 6.07) is 5.24. The standard InChI is InChI=1S/C12H16F3N/c1-11(2,16)8-7-9-3-5-10(6-4-9)12(13,14)15/h3-6H,7-8,16H2,1-2H3. The fourth-order valence-electron chi connectivity index (χ4n) is 1.33. The monoisotopic (exact) mass is 231 g/mol. The first-order chi connectivity index (χ1) is 7.18. The number of hydrogen-bond acceptors (Lipinski definition) is 1. The van der Waals surface area contributed by atoms with Crippen LogP contribution in [0.4, 0.5) is 13.2 Å². The molecule has 0 bridgehead atoms. The van der Waals surface area contributed by atoms with Crippen LogP contribution in [0.15, 0.2) is 24.3 Å². The molecule has 0 heterocycles. The van der Waals surface area contributed by atoms with Gasteiger partial charge < -0.3 is 5.73 Å². The smallest absolute Gasteiger partial charge is 0.326 e. The highest BCUT2D eigenvalue weighted by Gasteiger charge is 2.29. The van der Waals surface area contributed by atoms with Gasteiger partial charge in [0.05, 0.1) is 5.56 Å². The molecule has 0 aromatic heterocycles. The highest BCUT2D eigenvalue weighted by Crippen LogP contribution is 2.29. The Hall–Kier alpha value is -1.03. The van der Waals surface area contributed by atoms with Crippen LogP contribution in [-0.2, 0) is 12.6 Å². The van der Waals surface area contributed by atoms with Crippen LogP contribution in [0.5, 0.6) is 0 Å². The third-order valence-electron chi connectivity index (χ3n) is 2.34. The van der Waals surface area contributed by atoms with Gasteiger partial charge in [0.25, 0.3) is 0 Å². The lowest BCUT2D eigenvalue weighted by Crippen LogP contribution is -2.32. The zero-order valence-electron chi connectivity index (χ0n) is 9.43. The number of nitrogens with two attached hydrogens (primary N) is 1. The van der Waals surface area contributed by atoms with Crippen molar-refractivity contribution in [2.45, 2.75) is 38.4 Å². The molecule has 2 N–H and O–H groups in total. The number of rotatable bonds is 3. The maximum Gasteiger partial charge on any atom is 0.416 e. The zero-order chi connectivity index (χ0) is 12.4. The van der Waals surface area contributed by atoms with Gasteiger partial charge >= 0.3 is 6.18 Å². The van der Waals surface area contributed by atoms with Crippen LogP contribution >= 0.6 is 0 Å². The minimum Gasteiger partial charge on any atom is -0.326 e. The first-order valence-electron chi connectivity index (χ1n) is 5.13. The molecule has 4 heteroatoms. The van der Waals surface area contributed by atoms with Gasteiger partial charge in [-0.15, -0.1) is 0 Å². The van der Waals surface area contributed by atoms with E-state index in [1.807, 2.05) is 13.8 Å². The van der Waals surface area contributed by atoms with Crippen molar-refractivity contribution in [1.82, 2.24) is 0 Å². The summed E-state index contributed by atoms with van der Waals surface area (Å²) in [5.41, 5.74) is 5.79. The zero-order valence-corrected chi connectivity index (χ0v) is 9.43. The summed E-state index contributed by atoms with van der Waals surface area (Å²) in [6.45, 7) is 3.80. The Balaban J connectivity index is 2.66. The molecule has 1 rings (SSSR count). The maximum atomic E-state index is 12.3. The lowest BCUT2D eigenvalue weighted by atomic mass is 9.96. The van der Waals surface area contributed by atoms with Crippen molar-refractivity contribution in [3.05, 3.63) is 35.4 Å². The highest BCUT2D eigenvalue weighted by molar-refractivity contribution is 5.24. The Bertz CT molecular complexity index is 333. The fourth-order valence-corrected chi connectivity index (χ4v) is 1.33. The molecular weight excluding hydrogens is 215 g/mol. The Morgan fingerprint density at radius 1 is 1.06 bits per heavy atom. The van der Waals surface area contributed by atoms with Crippen LogP contribution < -0.4 is 5.73 Å². The van der Waals surface area contributed by atoms with Crippen LogP contribution in [0, 0.1) is 0 Å². The van der Waals surface area contributed by atoms with Crippen molar-refractivity contribution in [2.24, 2.45) is 5.73 Å². The molecule has 1 nitrogen and oxygen atoms in total. The second kappa shape index (κ2) is 4.45. The molecular formula is C12H16F3N. The lowest BCUT2D eigenvalue weighted by Gasteiger charge is -2.18. The van der Waals surface area contributed by atoms with E-state index in [4.69, 9.17) is 5.73 Å². The third kappa shape index (κ3) is 4.23. The molecule has 0 aliphatic heterocycles. The van der Waals surface area contributed by atoms with E-state index in [0.29, 0.717) is 6.42 Å². The average Bonchev–Trinajstić information content (AvgIpc) is 2.13. The van der Waals surface area contributed by atoms with Crippen molar-refractivity contribution in [3.8, 4) is 0 Å². The summed E-state index contributed by atoms with van der Waals surface area (Å²) in [4.78, 5) is 0. The van der Waals surface area contributed by atoms with E-state index >= 15 is 0 Å². The predicted molar refractivity (Wildman–Crippen MR) is 58.0 cm³/mol. The summed E-state index contributed by atoms with van der Waals surface area (Å²) in [5, 5.41) is 0. The first-order valence-corrected chi connectivity index (χ1v) is 5.13. The molecule has 0 saturated carbocycles. The van der Waals surface area contributed by atoms with Gasteiger partial charge in [-0.25, -0.2) is 0 Å². The molecule has 0 aliphatic carbocycles. The molecule has 0 aliphatic rings. The topological polar surface area (TPSA) is 26.0 Å². The number of benzene rings is 1. The summed E-state index contributed by atoms with van der Waals surface area (Å²) in [5.74, 6) is 0. The molecule has 90 valence electrons. The minimum absolute atomic E-state index is 0.289. The van der Waals surface area contributed by atoms with Gasteiger partial charge in [-0.1, -0.05) is 12.1 Å². The largest absolute Gasteiger partial charge is 0.416 e. The molecule has 1 aromatic carbocycles. The lowest BCUT2D eigenvalue weighted by molar-refractivity contribution is -0.137. The van der Waals surface area contributed by atoms with Gasteiger partial charge in [0.1, 0.15) is 0 Å². The van der Waals surface area contributed by atoms with E-state index in [0.717, 1.165) is 24.1 Å². The Labute approximate surface area is 93.5 Å². The van der Waals surface area contributed by atoms with Crippen molar-refractivity contribution in [2.75, 3.05) is 0 Å². The Morgan fingerprint density at radius 2 is 1.56 bits per heavy atom. The quantitative estimate of drug-likeness (QED) is 0.848. The molecule has 0 atom stereocenters. The van der Waals surface area contributed by atoms with E-state index in [-0.39, 0.29) is 5.54 Å². The highest BCUT2D eigenvalue weighted by atomic mass is 19.4. The first kappa shape index (κ1) is 13.0. The van der Waals surface area contributed by atoms with Crippen molar-refractivity contribution >= 4 is 0 Å². The Morgan fingerprint density at radius 3 is 1.94 bits per heavy atom. The van der Waals surface area contributed by atoms with E-state index in [9.17, 15) is 13.2 Å². The molecule has 0 fully saturated rings. The number of aryl methyl sites for hydroxylation is 1. The summed E-state index contributed by atoms with van der Waals surface area (Å²) in [7, 11) is 0. The fraction of sp³-hybridized carbons (Fsp3) is 0.500. The number of alkyl halides is 3. The van der Waals surface area contributed by atoms with Gasteiger partial charge in [0.2, 0.25) is 0 Å². The SMILES string of the molecule is CC(C)(N)CCc1ccc(C(F)(F)F)cc1. The number of hydrogen-bond donors (Lipinski definition) is 1. The van der Waals surface area contributed by atoms with Crippen LogP contribution in [0.2, 0.25) is 0 Å². The number of halogens is 3. The molecule has 0 spiro atoms. The van der Waals surface area contributed by atoms with E-state index in [1.54, 1.807) is 0 Å². The minimum atomic E-state index is -4.26. The second-order valence-electron chi connectivity index (χ2n) is 4.68. The summed E-state index contributed by atoms with van der Waals surface area (Å²) < 4.78 is 36.8. The van der Waals surface area contributed by atoms with Crippen LogP contribution in [0.1, 0.15) is 31.4 Å². The van der Waals surface area contributed by atoms with Crippen LogP contribution in [0.25, 0.3) is 0 Å². The molecule has 0 amide bonds. The average molecular weight is 231 g/mol. The van der Waals surface area contributed by atoms with Gasteiger partial charge in [-0.3, -0.25) is 0 Å². The summed E-state index contributed by atoms with van der Waals surface area (Å²) in [6.07, 6.45) is -2.81. The van der Waals surface area contributed by atoms with Gasteiger partial charge in [0.15, 0.2) is 0 Å². The van der Waals surface area contributed by atoms with E-state index in [2.05, 4.69) is 0 Å². The molecule has 0 radical (unpaired) electrons. The molecule has 0 unspecified atom stereocenters. The van der Waals surface area contributed by atoms with Crippen LogP contribution in [0.3, 0.4) is 0 Å². The van der Waals surface area contributed by atoms with Gasteiger partial charge in [-0.05, 0) is 44.4 Å². The van der Waals surface area contributed by atoms with Crippen molar-refractivity contribution in [3.63, 3.8) is 0 Å². The second-order valence-corrected chi connectivity index (χ2v) is 4.68. The van der Waals surface area contributed by atoms with Crippen LogP contribution in [-0.4, -0.2) is 5.54 Å². The normalized spacial score (nSPS) is 12.9. The maximum absolute atomic E-state index is 12.3. The summed E-state index contributed by atoms with van der Waals surface area (Å²) >= 11 is 0. The molecule has 1 aromatic rings.